The smallest absolute Gasteiger partial charge is 0.154 e. The van der Waals surface area contributed by atoms with E-state index in [-0.39, 0.29) is 11.8 Å². The summed E-state index contributed by atoms with van der Waals surface area (Å²) in [4.78, 5) is 0. The van der Waals surface area contributed by atoms with Crippen LogP contribution in [-0.2, 0) is 0 Å². The first-order valence-corrected chi connectivity index (χ1v) is 4.14. The van der Waals surface area contributed by atoms with Gasteiger partial charge in [-0.1, -0.05) is 31.5 Å². The quantitative estimate of drug-likeness (QED) is 0.644. The van der Waals surface area contributed by atoms with Crippen LogP contribution in [-0.4, -0.2) is 16.5 Å². The Balaban J connectivity index is 3.89. The summed E-state index contributed by atoms with van der Waals surface area (Å²) >= 11 is 5.31. The van der Waals surface area contributed by atoms with E-state index in [4.69, 9.17) is 21.8 Å². The Kier molecular flexibility index (Phi) is 5.56. The van der Waals surface area contributed by atoms with Crippen molar-refractivity contribution in [2.75, 3.05) is 0 Å². The Morgan fingerprint density at radius 3 is 2.18 bits per heavy atom. The van der Waals surface area contributed by atoms with E-state index in [1.54, 1.807) is 6.08 Å². The Labute approximate surface area is 72.5 Å². The molecule has 0 aromatic rings. The highest BCUT2D eigenvalue weighted by atomic mass is 35.5. The summed E-state index contributed by atoms with van der Waals surface area (Å²) in [7, 11) is 0. The molecule has 0 amide bonds. The summed E-state index contributed by atoms with van der Waals surface area (Å²) in [6.45, 7) is 3.90. The summed E-state index contributed by atoms with van der Waals surface area (Å²) in [5.41, 5.74) is 1.40. The van der Waals surface area contributed by atoms with Gasteiger partial charge < -0.3 is 10.2 Å². The lowest BCUT2D eigenvalue weighted by Crippen LogP contribution is -2.23. The molecule has 0 aliphatic heterocycles. The molecule has 0 fully saturated rings. The van der Waals surface area contributed by atoms with Crippen molar-refractivity contribution < 1.29 is 10.2 Å². The van der Waals surface area contributed by atoms with Gasteiger partial charge in [0.2, 0.25) is 0 Å². The molecule has 0 rings (SSSR count). The number of rotatable bonds is 4. The van der Waals surface area contributed by atoms with Crippen LogP contribution in [0, 0.1) is 11.8 Å². The Hall–Kier alpha value is -0.0500. The van der Waals surface area contributed by atoms with Crippen LogP contribution in [0.4, 0.5) is 0 Å². The number of aliphatic hydroxyl groups is 2. The van der Waals surface area contributed by atoms with Crippen LogP contribution in [0.2, 0.25) is 0 Å². The number of allylic oxidation sites excluding steroid dienone is 1. The van der Waals surface area contributed by atoms with E-state index < -0.39 is 6.29 Å². The Morgan fingerprint density at radius 2 is 1.91 bits per heavy atom. The van der Waals surface area contributed by atoms with Crippen molar-refractivity contribution in [3.63, 3.8) is 0 Å². The standard InChI is InChI=1S/C8H15ClO2/c1-6(2)7(8(10)11)4-3-5-9/h3,5-8,10-11H,4H2,1-2H3. The van der Waals surface area contributed by atoms with Crippen LogP contribution in [0.25, 0.3) is 0 Å². The first kappa shape index (κ1) is 11.0. The molecule has 0 aliphatic carbocycles. The van der Waals surface area contributed by atoms with E-state index in [0.29, 0.717) is 6.42 Å². The van der Waals surface area contributed by atoms with E-state index in [9.17, 15) is 0 Å². The number of hydrogen-bond acceptors (Lipinski definition) is 2. The largest absolute Gasteiger partial charge is 0.368 e. The van der Waals surface area contributed by atoms with Crippen molar-refractivity contribution in [1.82, 2.24) is 0 Å². The second-order valence-corrected chi connectivity index (χ2v) is 3.17. The predicted molar refractivity (Wildman–Crippen MR) is 46.2 cm³/mol. The molecular weight excluding hydrogens is 164 g/mol. The average molecular weight is 179 g/mol. The minimum Gasteiger partial charge on any atom is -0.368 e. The monoisotopic (exact) mass is 178 g/mol. The second kappa shape index (κ2) is 5.58. The summed E-state index contributed by atoms with van der Waals surface area (Å²) in [6, 6.07) is 0. The molecule has 11 heavy (non-hydrogen) atoms. The lowest BCUT2D eigenvalue weighted by atomic mass is 9.92. The minimum atomic E-state index is -1.25. The molecule has 0 heterocycles. The van der Waals surface area contributed by atoms with Gasteiger partial charge >= 0.3 is 0 Å². The lowest BCUT2D eigenvalue weighted by molar-refractivity contribution is -0.0952. The van der Waals surface area contributed by atoms with Crippen molar-refractivity contribution in [2.45, 2.75) is 26.6 Å². The van der Waals surface area contributed by atoms with Crippen molar-refractivity contribution >= 4 is 11.6 Å². The maximum absolute atomic E-state index is 8.89. The van der Waals surface area contributed by atoms with Gasteiger partial charge in [0, 0.05) is 11.5 Å². The molecule has 0 aromatic heterocycles. The highest BCUT2D eigenvalue weighted by molar-refractivity contribution is 6.25. The second-order valence-electron chi connectivity index (χ2n) is 2.92. The van der Waals surface area contributed by atoms with Crippen molar-refractivity contribution in [1.29, 1.82) is 0 Å². The zero-order valence-corrected chi connectivity index (χ0v) is 7.62. The maximum Gasteiger partial charge on any atom is 0.154 e. The van der Waals surface area contributed by atoms with Gasteiger partial charge in [0.15, 0.2) is 6.29 Å². The van der Waals surface area contributed by atoms with Crippen molar-refractivity contribution in [3.05, 3.63) is 11.6 Å². The van der Waals surface area contributed by atoms with Gasteiger partial charge in [-0.3, -0.25) is 0 Å². The number of aliphatic hydroxyl groups excluding tert-OH is 1. The van der Waals surface area contributed by atoms with Crippen molar-refractivity contribution in [2.24, 2.45) is 11.8 Å². The molecule has 0 aromatic carbocycles. The summed E-state index contributed by atoms with van der Waals surface area (Å²) in [6.07, 6.45) is 1.09. The van der Waals surface area contributed by atoms with Crippen molar-refractivity contribution in [3.8, 4) is 0 Å². The fraction of sp³-hybridized carbons (Fsp3) is 0.750. The van der Waals surface area contributed by atoms with Crippen LogP contribution < -0.4 is 0 Å². The molecule has 0 radical (unpaired) electrons. The van der Waals surface area contributed by atoms with E-state index in [1.807, 2.05) is 13.8 Å². The van der Waals surface area contributed by atoms with Crippen LogP contribution in [0.1, 0.15) is 20.3 Å². The van der Waals surface area contributed by atoms with Crippen LogP contribution >= 0.6 is 11.6 Å². The molecule has 0 bridgehead atoms. The normalized spacial score (nSPS) is 15.2. The molecule has 1 atom stereocenters. The molecule has 0 aliphatic rings. The minimum absolute atomic E-state index is 0.120. The Bertz CT molecular complexity index is 113. The molecule has 0 spiro atoms. The summed E-state index contributed by atoms with van der Waals surface area (Å²) < 4.78 is 0. The zero-order chi connectivity index (χ0) is 8.85. The van der Waals surface area contributed by atoms with Gasteiger partial charge in [0.05, 0.1) is 0 Å². The Morgan fingerprint density at radius 1 is 1.36 bits per heavy atom. The van der Waals surface area contributed by atoms with Gasteiger partial charge in [-0.15, -0.1) is 0 Å². The maximum atomic E-state index is 8.89. The fourth-order valence-electron chi connectivity index (χ4n) is 0.947. The molecule has 2 nitrogen and oxygen atoms in total. The van der Waals surface area contributed by atoms with E-state index in [2.05, 4.69) is 0 Å². The van der Waals surface area contributed by atoms with Crippen LogP contribution in [0.5, 0.6) is 0 Å². The third-order valence-corrected chi connectivity index (χ3v) is 1.91. The van der Waals surface area contributed by atoms with Crippen LogP contribution in [0.3, 0.4) is 0 Å². The molecule has 66 valence electrons. The summed E-state index contributed by atoms with van der Waals surface area (Å²) in [5.74, 6) is 0.132. The first-order chi connectivity index (χ1) is 5.09. The predicted octanol–water partition coefficient (Wildman–Crippen LogP) is 1.71. The topological polar surface area (TPSA) is 40.5 Å². The summed E-state index contributed by atoms with van der Waals surface area (Å²) in [5, 5.41) is 17.8. The van der Waals surface area contributed by atoms with Gasteiger partial charge in [0.25, 0.3) is 0 Å². The number of halogens is 1. The molecule has 3 heteroatoms. The third-order valence-electron chi connectivity index (χ3n) is 1.74. The first-order valence-electron chi connectivity index (χ1n) is 3.71. The lowest BCUT2D eigenvalue weighted by Gasteiger charge is -2.20. The van der Waals surface area contributed by atoms with E-state index in [1.165, 1.54) is 5.54 Å². The van der Waals surface area contributed by atoms with E-state index in [0.717, 1.165) is 0 Å². The molecule has 2 N–H and O–H groups in total. The molecular formula is C8H15ClO2. The SMILES string of the molecule is CC(C)C(CC=CCl)C(O)O. The third kappa shape index (κ3) is 4.40. The zero-order valence-electron chi connectivity index (χ0n) is 6.87. The fourth-order valence-corrected chi connectivity index (χ4v) is 1.05. The van der Waals surface area contributed by atoms with Crippen LogP contribution in [0.15, 0.2) is 11.6 Å². The molecule has 0 saturated heterocycles. The molecule has 1 unspecified atom stereocenters. The highest BCUT2D eigenvalue weighted by Gasteiger charge is 2.18. The van der Waals surface area contributed by atoms with Gasteiger partial charge in [0.1, 0.15) is 0 Å². The van der Waals surface area contributed by atoms with Gasteiger partial charge in [-0.05, 0) is 12.3 Å². The average Bonchev–Trinajstić information content (AvgIpc) is 1.87. The van der Waals surface area contributed by atoms with E-state index >= 15 is 0 Å². The van der Waals surface area contributed by atoms with Gasteiger partial charge in [-0.2, -0.15) is 0 Å². The highest BCUT2D eigenvalue weighted by Crippen LogP contribution is 2.18. The van der Waals surface area contributed by atoms with Gasteiger partial charge in [-0.25, -0.2) is 0 Å². The molecule has 0 saturated carbocycles. The number of hydrogen-bond donors (Lipinski definition) is 2.